The van der Waals surface area contributed by atoms with E-state index in [-0.39, 0.29) is 0 Å². The fourth-order valence-electron chi connectivity index (χ4n) is 0.956. The highest BCUT2D eigenvalue weighted by molar-refractivity contribution is 7.13. The first-order valence-electron chi connectivity index (χ1n) is 3.59. The lowest BCUT2D eigenvalue weighted by molar-refractivity contribution is 0.585. The minimum Gasteiger partial charge on any atom is -0.375 e. The lowest BCUT2D eigenvalue weighted by atomic mass is 10.3. The highest BCUT2D eigenvalue weighted by Gasteiger charge is 2.03. The summed E-state index contributed by atoms with van der Waals surface area (Å²) in [5, 5.41) is 2.21. The standard InChI is InChI=1S/C8H6FN3S/c9-7-3-1-2-5(11-7)6-4-13-8(10)12-6/h1-4H,(H2,10,12). The summed E-state index contributed by atoms with van der Waals surface area (Å²) in [5.74, 6) is -0.510. The summed E-state index contributed by atoms with van der Waals surface area (Å²) < 4.78 is 12.7. The van der Waals surface area contributed by atoms with E-state index in [2.05, 4.69) is 9.97 Å². The molecular weight excluding hydrogens is 189 g/mol. The van der Waals surface area contributed by atoms with Crippen molar-refractivity contribution in [3.8, 4) is 11.4 Å². The molecule has 3 nitrogen and oxygen atoms in total. The number of aromatic nitrogens is 2. The summed E-state index contributed by atoms with van der Waals surface area (Å²) in [6.07, 6.45) is 0. The van der Waals surface area contributed by atoms with E-state index in [9.17, 15) is 4.39 Å². The minimum absolute atomic E-state index is 0.459. The number of thiazole rings is 1. The number of anilines is 1. The van der Waals surface area contributed by atoms with Crippen LogP contribution < -0.4 is 5.73 Å². The van der Waals surface area contributed by atoms with E-state index < -0.39 is 5.95 Å². The van der Waals surface area contributed by atoms with Gasteiger partial charge in [0.25, 0.3) is 0 Å². The van der Waals surface area contributed by atoms with Crippen LogP contribution >= 0.6 is 11.3 Å². The molecule has 2 rings (SSSR count). The Balaban J connectivity index is 2.46. The van der Waals surface area contributed by atoms with E-state index in [0.717, 1.165) is 0 Å². The van der Waals surface area contributed by atoms with E-state index in [4.69, 9.17) is 5.73 Å². The second-order valence-electron chi connectivity index (χ2n) is 2.42. The molecule has 13 heavy (non-hydrogen) atoms. The van der Waals surface area contributed by atoms with Crippen LogP contribution in [0.15, 0.2) is 23.6 Å². The molecule has 0 spiro atoms. The molecule has 0 aliphatic carbocycles. The van der Waals surface area contributed by atoms with E-state index in [1.165, 1.54) is 17.4 Å². The van der Waals surface area contributed by atoms with E-state index in [1.54, 1.807) is 17.5 Å². The summed E-state index contributed by atoms with van der Waals surface area (Å²) in [6, 6.07) is 4.57. The van der Waals surface area contributed by atoms with Gasteiger partial charge in [-0.15, -0.1) is 11.3 Å². The molecule has 0 aliphatic heterocycles. The maximum Gasteiger partial charge on any atom is 0.213 e. The predicted octanol–water partition coefficient (Wildman–Crippen LogP) is 1.93. The number of nitrogens with two attached hydrogens (primary N) is 1. The average molecular weight is 195 g/mol. The van der Waals surface area contributed by atoms with Crippen LogP contribution in [0.25, 0.3) is 11.4 Å². The van der Waals surface area contributed by atoms with Crippen LogP contribution in [-0.4, -0.2) is 9.97 Å². The van der Waals surface area contributed by atoms with Crippen molar-refractivity contribution in [3.05, 3.63) is 29.5 Å². The Morgan fingerprint density at radius 1 is 1.23 bits per heavy atom. The van der Waals surface area contributed by atoms with Gasteiger partial charge in [-0.3, -0.25) is 0 Å². The van der Waals surface area contributed by atoms with Gasteiger partial charge in [-0.1, -0.05) is 6.07 Å². The lowest BCUT2D eigenvalue weighted by Gasteiger charge is -1.93. The van der Waals surface area contributed by atoms with Crippen molar-refractivity contribution < 1.29 is 4.39 Å². The Labute approximate surface area is 78.1 Å². The Morgan fingerprint density at radius 2 is 2.08 bits per heavy atom. The van der Waals surface area contributed by atoms with Crippen molar-refractivity contribution >= 4 is 16.5 Å². The van der Waals surface area contributed by atoms with Crippen LogP contribution in [0.1, 0.15) is 0 Å². The fourth-order valence-corrected chi connectivity index (χ4v) is 1.51. The molecule has 0 fully saturated rings. The van der Waals surface area contributed by atoms with Gasteiger partial charge in [-0.2, -0.15) is 4.39 Å². The molecule has 2 aromatic heterocycles. The molecule has 0 amide bonds. The van der Waals surface area contributed by atoms with Gasteiger partial charge < -0.3 is 5.73 Å². The van der Waals surface area contributed by atoms with Gasteiger partial charge in [0.2, 0.25) is 5.95 Å². The van der Waals surface area contributed by atoms with Crippen molar-refractivity contribution in [1.29, 1.82) is 0 Å². The van der Waals surface area contributed by atoms with Gasteiger partial charge in [0.15, 0.2) is 5.13 Å². The molecule has 2 N–H and O–H groups in total. The SMILES string of the molecule is Nc1nc(-c2cccc(F)n2)cs1. The lowest BCUT2D eigenvalue weighted by Crippen LogP contribution is -1.88. The molecule has 0 unspecified atom stereocenters. The van der Waals surface area contributed by atoms with Crippen molar-refractivity contribution in [2.24, 2.45) is 0 Å². The van der Waals surface area contributed by atoms with E-state index in [1.807, 2.05) is 0 Å². The molecule has 2 heterocycles. The number of nitrogen functional groups attached to an aromatic ring is 1. The van der Waals surface area contributed by atoms with Crippen molar-refractivity contribution in [3.63, 3.8) is 0 Å². The molecule has 0 radical (unpaired) electrons. The predicted molar refractivity (Wildman–Crippen MR) is 49.7 cm³/mol. The third-order valence-corrected chi connectivity index (χ3v) is 2.17. The first-order chi connectivity index (χ1) is 6.25. The Bertz CT molecular complexity index is 427. The molecule has 0 saturated carbocycles. The van der Waals surface area contributed by atoms with E-state index >= 15 is 0 Å². The second-order valence-corrected chi connectivity index (χ2v) is 3.31. The summed E-state index contributed by atoms with van der Waals surface area (Å²) >= 11 is 1.31. The first kappa shape index (κ1) is 8.12. The highest BCUT2D eigenvalue weighted by atomic mass is 32.1. The molecular formula is C8H6FN3S. The minimum atomic E-state index is -0.510. The summed E-state index contributed by atoms with van der Waals surface area (Å²) in [5.41, 5.74) is 6.56. The van der Waals surface area contributed by atoms with Crippen LogP contribution in [0.5, 0.6) is 0 Å². The summed E-state index contributed by atoms with van der Waals surface area (Å²) in [7, 11) is 0. The number of nitrogens with zero attached hydrogens (tertiary/aromatic N) is 2. The zero-order valence-corrected chi connectivity index (χ0v) is 7.38. The number of hydrogen-bond donors (Lipinski definition) is 1. The molecule has 0 aromatic carbocycles. The highest BCUT2D eigenvalue weighted by Crippen LogP contribution is 2.20. The maximum atomic E-state index is 12.7. The topological polar surface area (TPSA) is 51.8 Å². The zero-order chi connectivity index (χ0) is 9.26. The molecule has 5 heteroatoms. The Morgan fingerprint density at radius 3 is 2.69 bits per heavy atom. The maximum absolute atomic E-state index is 12.7. The van der Waals surface area contributed by atoms with Crippen LogP contribution in [0, 0.1) is 5.95 Å². The smallest absolute Gasteiger partial charge is 0.213 e. The number of halogens is 1. The largest absolute Gasteiger partial charge is 0.375 e. The van der Waals surface area contributed by atoms with Crippen LogP contribution in [0.3, 0.4) is 0 Å². The molecule has 66 valence electrons. The molecule has 0 saturated heterocycles. The van der Waals surface area contributed by atoms with Crippen LogP contribution in [-0.2, 0) is 0 Å². The third-order valence-electron chi connectivity index (χ3n) is 1.50. The van der Waals surface area contributed by atoms with Gasteiger partial charge in [0.05, 0.1) is 5.69 Å². The number of rotatable bonds is 1. The van der Waals surface area contributed by atoms with Gasteiger partial charge in [-0.05, 0) is 12.1 Å². The Hall–Kier alpha value is -1.49. The second kappa shape index (κ2) is 3.10. The normalized spacial score (nSPS) is 10.2. The Kier molecular flexibility index (Phi) is 1.94. The van der Waals surface area contributed by atoms with Gasteiger partial charge in [-0.25, -0.2) is 9.97 Å². The molecule has 0 aliphatic rings. The van der Waals surface area contributed by atoms with Gasteiger partial charge in [0.1, 0.15) is 5.69 Å². The van der Waals surface area contributed by atoms with Crippen molar-refractivity contribution in [2.75, 3.05) is 5.73 Å². The van der Waals surface area contributed by atoms with Gasteiger partial charge >= 0.3 is 0 Å². The number of hydrogen-bond acceptors (Lipinski definition) is 4. The number of pyridine rings is 1. The van der Waals surface area contributed by atoms with Crippen LogP contribution in [0.4, 0.5) is 9.52 Å². The molecule has 0 atom stereocenters. The third kappa shape index (κ3) is 1.65. The van der Waals surface area contributed by atoms with Crippen molar-refractivity contribution in [1.82, 2.24) is 9.97 Å². The van der Waals surface area contributed by atoms with Crippen molar-refractivity contribution in [2.45, 2.75) is 0 Å². The van der Waals surface area contributed by atoms with E-state index in [0.29, 0.717) is 16.5 Å². The average Bonchev–Trinajstić information content (AvgIpc) is 2.52. The fraction of sp³-hybridized carbons (Fsp3) is 0. The molecule has 2 aromatic rings. The van der Waals surface area contributed by atoms with Gasteiger partial charge in [0, 0.05) is 5.38 Å². The monoisotopic (exact) mass is 195 g/mol. The summed E-state index contributed by atoms with van der Waals surface area (Å²) in [6.45, 7) is 0. The zero-order valence-electron chi connectivity index (χ0n) is 6.57. The summed E-state index contributed by atoms with van der Waals surface area (Å²) in [4.78, 5) is 7.67. The first-order valence-corrected chi connectivity index (χ1v) is 4.47. The molecule has 0 bridgehead atoms. The quantitative estimate of drug-likeness (QED) is 0.707. The van der Waals surface area contributed by atoms with Crippen LogP contribution in [0.2, 0.25) is 0 Å².